The Morgan fingerprint density at radius 3 is 2.39 bits per heavy atom. The van der Waals surface area contributed by atoms with E-state index >= 15 is 0 Å². The van der Waals surface area contributed by atoms with Crippen LogP contribution in [0.1, 0.15) is 51.3 Å². The Kier molecular flexibility index (Phi) is 6.62. The number of allylic oxidation sites excluding steroid dienone is 1. The molecule has 0 aromatic heterocycles. The monoisotopic (exact) mass is 313 g/mol. The zero-order chi connectivity index (χ0) is 17.7. The summed E-state index contributed by atoms with van der Waals surface area (Å²) in [6.07, 6.45) is 4.02. The van der Waals surface area contributed by atoms with E-state index in [2.05, 4.69) is 63.6 Å². The van der Waals surface area contributed by atoms with Crippen LogP contribution in [0.15, 0.2) is 30.4 Å². The second kappa shape index (κ2) is 7.81. The summed E-state index contributed by atoms with van der Waals surface area (Å²) in [4.78, 5) is 2.24. The molecule has 0 saturated heterocycles. The van der Waals surface area contributed by atoms with Crippen LogP contribution in [0.5, 0.6) is 0 Å². The fourth-order valence-corrected chi connectivity index (χ4v) is 2.42. The van der Waals surface area contributed by atoms with Crippen LogP contribution in [-0.2, 0) is 12.1 Å². The Balaban J connectivity index is 2.70. The number of likely N-dealkylation sites (N-methyl/N-ethyl adjacent to an activating group) is 1. The molecular weight excluding hydrogens is 282 g/mol. The maximum atomic E-state index is 10.3. The quantitative estimate of drug-likeness (QED) is 0.821. The van der Waals surface area contributed by atoms with Gasteiger partial charge >= 0.3 is 0 Å². The third kappa shape index (κ3) is 7.03. The number of aliphatic hydroxyl groups is 1. The zero-order valence-electron chi connectivity index (χ0n) is 15.7. The minimum Gasteiger partial charge on any atom is -0.386 e. The average Bonchev–Trinajstić information content (AvgIpc) is 2.38. The molecule has 1 N–H and O–H groups in total. The van der Waals surface area contributed by atoms with Crippen molar-refractivity contribution < 1.29 is 5.11 Å². The summed E-state index contributed by atoms with van der Waals surface area (Å²) in [6, 6.07) is 6.15. The lowest BCUT2D eigenvalue weighted by atomic mass is 9.91. The van der Waals surface area contributed by atoms with Gasteiger partial charge in [-0.15, -0.1) is 0 Å². The fourth-order valence-electron chi connectivity index (χ4n) is 2.42. The first-order valence-electron chi connectivity index (χ1n) is 8.18. The van der Waals surface area contributed by atoms with Gasteiger partial charge in [0.05, 0.1) is 5.60 Å². The number of nitrogens with zero attached hydrogens (tertiary/aromatic N) is 1. The first-order chi connectivity index (χ1) is 10.5. The molecule has 1 rings (SSSR count). The molecule has 126 valence electrons. The van der Waals surface area contributed by atoms with Crippen molar-refractivity contribution in [2.75, 3.05) is 13.6 Å². The minimum atomic E-state index is -0.804. The summed E-state index contributed by atoms with van der Waals surface area (Å²) in [7, 11) is 2.09. The Morgan fingerprint density at radius 1 is 1.17 bits per heavy atom. The predicted molar refractivity (Wildman–Crippen MR) is 99.1 cm³/mol. The highest BCUT2D eigenvalue weighted by molar-refractivity contribution is 5.37. The van der Waals surface area contributed by atoms with E-state index < -0.39 is 5.60 Å². The lowest BCUT2D eigenvalue weighted by molar-refractivity contribution is 0.0777. The minimum absolute atomic E-state index is 0.0465. The molecule has 0 spiro atoms. The van der Waals surface area contributed by atoms with Crippen LogP contribution in [0.4, 0.5) is 0 Å². The Bertz CT molecular complexity index is 603. The van der Waals surface area contributed by atoms with Gasteiger partial charge in [-0.05, 0) is 71.4 Å². The van der Waals surface area contributed by atoms with E-state index in [4.69, 9.17) is 0 Å². The van der Waals surface area contributed by atoms with Crippen LogP contribution in [0.25, 0.3) is 0 Å². The van der Waals surface area contributed by atoms with Crippen LogP contribution in [0.2, 0.25) is 0 Å². The maximum absolute atomic E-state index is 10.3. The van der Waals surface area contributed by atoms with Crippen LogP contribution >= 0.6 is 0 Å². The molecular formula is C21H31NO. The van der Waals surface area contributed by atoms with Gasteiger partial charge < -0.3 is 5.11 Å². The molecule has 0 aliphatic rings. The van der Waals surface area contributed by atoms with Gasteiger partial charge in [0, 0.05) is 18.5 Å². The SMILES string of the molecule is Cc1c(CN(C)CC=CC#CC(C)(C)C)cccc1C(C)(C)O. The van der Waals surface area contributed by atoms with Gasteiger partial charge in [-0.1, -0.05) is 36.1 Å². The first-order valence-corrected chi connectivity index (χ1v) is 8.18. The van der Waals surface area contributed by atoms with Crippen molar-refractivity contribution in [1.82, 2.24) is 4.90 Å². The normalized spacial score (nSPS) is 12.6. The lowest BCUT2D eigenvalue weighted by Crippen LogP contribution is -2.21. The molecule has 0 aliphatic heterocycles. The summed E-state index contributed by atoms with van der Waals surface area (Å²) < 4.78 is 0. The highest BCUT2D eigenvalue weighted by Crippen LogP contribution is 2.26. The summed E-state index contributed by atoms with van der Waals surface area (Å²) in [5.74, 6) is 6.29. The van der Waals surface area contributed by atoms with Gasteiger partial charge in [0.2, 0.25) is 0 Å². The zero-order valence-corrected chi connectivity index (χ0v) is 15.7. The molecule has 0 unspecified atom stereocenters. The van der Waals surface area contributed by atoms with Crippen molar-refractivity contribution in [2.45, 2.75) is 53.7 Å². The van der Waals surface area contributed by atoms with Gasteiger partial charge in [0.15, 0.2) is 0 Å². The van der Waals surface area contributed by atoms with Crippen molar-refractivity contribution >= 4 is 0 Å². The topological polar surface area (TPSA) is 23.5 Å². The van der Waals surface area contributed by atoms with Gasteiger partial charge in [-0.2, -0.15) is 0 Å². The van der Waals surface area contributed by atoms with Gasteiger partial charge in [-0.25, -0.2) is 0 Å². The Hall–Kier alpha value is -1.56. The first kappa shape index (κ1) is 19.5. The molecule has 0 saturated carbocycles. The Morgan fingerprint density at radius 2 is 1.83 bits per heavy atom. The number of hydrogen-bond acceptors (Lipinski definition) is 2. The van der Waals surface area contributed by atoms with E-state index in [0.717, 1.165) is 18.7 Å². The fraction of sp³-hybridized carbons (Fsp3) is 0.524. The summed E-state index contributed by atoms with van der Waals surface area (Å²) in [5, 5.41) is 10.3. The van der Waals surface area contributed by atoms with E-state index in [1.165, 1.54) is 11.1 Å². The second-order valence-corrected chi connectivity index (χ2v) is 7.77. The van der Waals surface area contributed by atoms with Crippen LogP contribution in [0, 0.1) is 24.2 Å². The standard InChI is InChI=1S/C21H31NO/c1-17-18(12-11-13-19(17)21(5,6)23)16-22(7)15-10-8-9-14-20(2,3)4/h8,10-13,23H,15-16H2,1-7H3. The molecule has 23 heavy (non-hydrogen) atoms. The summed E-state index contributed by atoms with van der Waals surface area (Å²) >= 11 is 0. The van der Waals surface area contributed by atoms with E-state index in [-0.39, 0.29) is 5.41 Å². The molecule has 1 aromatic rings. The van der Waals surface area contributed by atoms with Gasteiger partial charge in [-0.3, -0.25) is 4.90 Å². The molecule has 0 bridgehead atoms. The molecule has 0 radical (unpaired) electrons. The maximum Gasteiger partial charge on any atom is 0.0843 e. The number of rotatable bonds is 5. The van der Waals surface area contributed by atoms with Crippen molar-refractivity contribution in [1.29, 1.82) is 0 Å². The van der Waals surface area contributed by atoms with Crippen LogP contribution in [-0.4, -0.2) is 23.6 Å². The Labute approximate surface area is 142 Å². The third-order valence-electron chi connectivity index (χ3n) is 3.61. The van der Waals surface area contributed by atoms with Crippen LogP contribution in [0.3, 0.4) is 0 Å². The summed E-state index contributed by atoms with van der Waals surface area (Å²) in [5.41, 5.74) is 2.66. The highest BCUT2D eigenvalue weighted by Gasteiger charge is 2.19. The van der Waals surface area contributed by atoms with Crippen molar-refractivity contribution in [3.63, 3.8) is 0 Å². The summed E-state index contributed by atoms with van der Waals surface area (Å²) in [6.45, 7) is 13.8. The van der Waals surface area contributed by atoms with Crippen molar-refractivity contribution in [2.24, 2.45) is 5.41 Å². The van der Waals surface area contributed by atoms with E-state index in [9.17, 15) is 5.11 Å². The third-order valence-corrected chi connectivity index (χ3v) is 3.61. The predicted octanol–water partition coefficient (Wildman–Crippen LogP) is 4.26. The van der Waals surface area contributed by atoms with E-state index in [1.807, 2.05) is 32.1 Å². The van der Waals surface area contributed by atoms with Crippen LogP contribution < -0.4 is 0 Å². The van der Waals surface area contributed by atoms with Gasteiger partial charge in [0.25, 0.3) is 0 Å². The highest BCUT2D eigenvalue weighted by atomic mass is 16.3. The largest absolute Gasteiger partial charge is 0.386 e. The molecule has 2 nitrogen and oxygen atoms in total. The van der Waals surface area contributed by atoms with E-state index in [1.54, 1.807) is 0 Å². The average molecular weight is 313 g/mol. The van der Waals surface area contributed by atoms with Crippen molar-refractivity contribution in [3.8, 4) is 11.8 Å². The smallest absolute Gasteiger partial charge is 0.0843 e. The molecule has 0 aliphatic carbocycles. The number of benzene rings is 1. The molecule has 1 aromatic carbocycles. The molecule has 0 atom stereocenters. The van der Waals surface area contributed by atoms with E-state index in [0.29, 0.717) is 0 Å². The molecule has 2 heteroatoms. The molecule has 0 heterocycles. The molecule has 0 fully saturated rings. The number of hydrogen-bond donors (Lipinski definition) is 1. The molecule has 0 amide bonds. The van der Waals surface area contributed by atoms with Gasteiger partial charge in [0.1, 0.15) is 0 Å². The second-order valence-electron chi connectivity index (χ2n) is 7.77. The lowest BCUT2D eigenvalue weighted by Gasteiger charge is -2.24. The van der Waals surface area contributed by atoms with Crippen molar-refractivity contribution in [3.05, 3.63) is 47.0 Å².